The fourth-order valence-electron chi connectivity index (χ4n) is 2.14. The molecular formula is C14H15Cl2N3-2. The highest BCUT2D eigenvalue weighted by molar-refractivity contribution is 5.95. The van der Waals surface area contributed by atoms with Gasteiger partial charge in [0.15, 0.2) is 0 Å². The zero-order chi connectivity index (χ0) is 11.7. The summed E-state index contributed by atoms with van der Waals surface area (Å²) in [6, 6.07) is 12.6. The maximum Gasteiger partial charge on any atom is 0.107 e. The van der Waals surface area contributed by atoms with Gasteiger partial charge in [-0.1, -0.05) is 24.3 Å². The smallest absolute Gasteiger partial charge is 0.107 e. The second kappa shape index (κ2) is 6.75. The Bertz CT molecular complexity index is 611. The molecule has 102 valence electrons. The molecule has 1 heterocycles. The second-order valence-electron chi connectivity index (χ2n) is 4.29. The van der Waals surface area contributed by atoms with Gasteiger partial charge in [0.25, 0.3) is 0 Å². The van der Waals surface area contributed by atoms with Gasteiger partial charge in [0, 0.05) is 6.42 Å². The lowest BCUT2D eigenvalue weighted by Gasteiger charge is -1.95. The largest absolute Gasteiger partial charge is 1.00 e. The Hall–Kier alpha value is -1.29. The number of fused-ring (bicyclic) bond motifs is 2. The molecule has 5 heteroatoms. The summed E-state index contributed by atoms with van der Waals surface area (Å²) in [4.78, 5) is 7.95. The van der Waals surface area contributed by atoms with Crippen LogP contribution in [0.1, 0.15) is 12.2 Å². The van der Waals surface area contributed by atoms with E-state index in [9.17, 15) is 0 Å². The van der Waals surface area contributed by atoms with Crippen molar-refractivity contribution in [3.63, 3.8) is 0 Å². The first-order chi connectivity index (χ1) is 8.36. The van der Waals surface area contributed by atoms with E-state index in [4.69, 9.17) is 5.73 Å². The van der Waals surface area contributed by atoms with Crippen LogP contribution in [0.15, 0.2) is 36.4 Å². The SMILES string of the molecule is NCCCc1nc2cc3ccccc3cc2[nH]1.[Cl-].[Cl-]. The van der Waals surface area contributed by atoms with E-state index >= 15 is 0 Å². The molecule has 19 heavy (non-hydrogen) atoms. The van der Waals surface area contributed by atoms with E-state index in [0.717, 1.165) is 29.7 Å². The van der Waals surface area contributed by atoms with Gasteiger partial charge in [0.2, 0.25) is 0 Å². The van der Waals surface area contributed by atoms with Crippen LogP contribution in [0, 0.1) is 0 Å². The van der Waals surface area contributed by atoms with Crippen LogP contribution < -0.4 is 30.5 Å². The van der Waals surface area contributed by atoms with Gasteiger partial charge in [-0.05, 0) is 35.9 Å². The number of aromatic nitrogens is 2. The minimum atomic E-state index is 0. The first-order valence-electron chi connectivity index (χ1n) is 5.94. The number of rotatable bonds is 3. The van der Waals surface area contributed by atoms with Crippen molar-refractivity contribution in [2.45, 2.75) is 12.8 Å². The molecule has 0 bridgehead atoms. The monoisotopic (exact) mass is 295 g/mol. The number of nitrogens with two attached hydrogens (primary N) is 1. The van der Waals surface area contributed by atoms with E-state index in [0.29, 0.717) is 6.54 Å². The van der Waals surface area contributed by atoms with Crippen LogP contribution in [-0.2, 0) is 6.42 Å². The Kier molecular flexibility index (Phi) is 5.60. The normalized spacial score (nSPS) is 10.2. The minimum absolute atomic E-state index is 0. The summed E-state index contributed by atoms with van der Waals surface area (Å²) in [5.41, 5.74) is 7.66. The van der Waals surface area contributed by atoms with Crippen molar-refractivity contribution < 1.29 is 24.8 Å². The Labute approximate surface area is 124 Å². The number of nitrogens with zero attached hydrogens (tertiary/aromatic N) is 1. The fourth-order valence-corrected chi connectivity index (χ4v) is 2.14. The Morgan fingerprint density at radius 3 is 2.42 bits per heavy atom. The van der Waals surface area contributed by atoms with Gasteiger partial charge in [-0.3, -0.25) is 0 Å². The van der Waals surface area contributed by atoms with Crippen molar-refractivity contribution in [1.82, 2.24) is 9.97 Å². The molecule has 3 aromatic rings. The molecule has 0 spiro atoms. The maximum atomic E-state index is 5.51. The first kappa shape index (κ1) is 15.8. The Morgan fingerprint density at radius 2 is 1.74 bits per heavy atom. The van der Waals surface area contributed by atoms with Crippen LogP contribution in [0.5, 0.6) is 0 Å². The average Bonchev–Trinajstić information content (AvgIpc) is 2.75. The third-order valence-electron chi connectivity index (χ3n) is 3.02. The number of H-pyrrole nitrogens is 1. The van der Waals surface area contributed by atoms with E-state index in [1.807, 2.05) is 0 Å². The highest BCUT2D eigenvalue weighted by Gasteiger charge is 2.03. The summed E-state index contributed by atoms with van der Waals surface area (Å²) >= 11 is 0. The number of halogens is 2. The molecule has 0 saturated heterocycles. The molecule has 0 aliphatic rings. The molecule has 0 unspecified atom stereocenters. The molecule has 3 N–H and O–H groups in total. The lowest BCUT2D eigenvalue weighted by atomic mass is 10.1. The number of benzene rings is 2. The van der Waals surface area contributed by atoms with Gasteiger partial charge in [0.1, 0.15) is 5.82 Å². The summed E-state index contributed by atoms with van der Waals surface area (Å²) in [7, 11) is 0. The summed E-state index contributed by atoms with van der Waals surface area (Å²) in [5.74, 6) is 1.03. The third-order valence-corrected chi connectivity index (χ3v) is 3.02. The van der Waals surface area contributed by atoms with E-state index in [1.165, 1.54) is 10.8 Å². The van der Waals surface area contributed by atoms with E-state index in [2.05, 4.69) is 46.4 Å². The van der Waals surface area contributed by atoms with Crippen molar-refractivity contribution in [1.29, 1.82) is 0 Å². The first-order valence-corrected chi connectivity index (χ1v) is 5.94. The molecular weight excluding hydrogens is 281 g/mol. The Balaban J connectivity index is 0.000000902. The average molecular weight is 296 g/mol. The van der Waals surface area contributed by atoms with Gasteiger partial charge in [-0.15, -0.1) is 0 Å². The molecule has 3 rings (SSSR count). The van der Waals surface area contributed by atoms with Crippen molar-refractivity contribution >= 4 is 21.8 Å². The maximum absolute atomic E-state index is 5.51. The van der Waals surface area contributed by atoms with Crippen molar-refractivity contribution in [3.8, 4) is 0 Å². The van der Waals surface area contributed by atoms with Gasteiger partial charge >= 0.3 is 0 Å². The number of aryl methyl sites for hydroxylation is 1. The summed E-state index contributed by atoms with van der Waals surface area (Å²) in [6.45, 7) is 0.707. The predicted molar refractivity (Wildman–Crippen MR) is 71.0 cm³/mol. The molecule has 0 aliphatic heterocycles. The molecule has 0 aliphatic carbocycles. The molecule has 0 amide bonds. The van der Waals surface area contributed by atoms with Crippen LogP contribution in [0.25, 0.3) is 21.8 Å². The zero-order valence-electron chi connectivity index (χ0n) is 10.4. The van der Waals surface area contributed by atoms with Crippen LogP contribution in [0.2, 0.25) is 0 Å². The molecule has 2 aromatic carbocycles. The summed E-state index contributed by atoms with van der Waals surface area (Å²) in [6.07, 6.45) is 1.89. The predicted octanol–water partition coefficient (Wildman–Crippen LogP) is -3.38. The number of hydrogen-bond acceptors (Lipinski definition) is 2. The standard InChI is InChI=1S/C14H15N3.2ClH/c15-7-3-6-14-16-12-8-10-4-1-2-5-11(10)9-13(12)17-14;;/h1-2,4-5,8-9H,3,6-7,15H2,(H,16,17);2*1H/p-2. The van der Waals surface area contributed by atoms with Gasteiger partial charge < -0.3 is 35.5 Å². The number of aromatic amines is 1. The topological polar surface area (TPSA) is 54.7 Å². The quantitative estimate of drug-likeness (QED) is 0.530. The number of nitrogens with one attached hydrogen (secondary N) is 1. The number of hydrogen-bond donors (Lipinski definition) is 2. The van der Waals surface area contributed by atoms with Crippen LogP contribution in [0.3, 0.4) is 0 Å². The lowest BCUT2D eigenvalue weighted by Crippen LogP contribution is -3.00. The highest BCUT2D eigenvalue weighted by Crippen LogP contribution is 2.21. The molecule has 1 aromatic heterocycles. The zero-order valence-corrected chi connectivity index (χ0v) is 11.9. The van der Waals surface area contributed by atoms with E-state index in [1.54, 1.807) is 0 Å². The highest BCUT2D eigenvalue weighted by atomic mass is 35.5. The Morgan fingerprint density at radius 1 is 1.05 bits per heavy atom. The number of imidazole rings is 1. The molecule has 0 saturated carbocycles. The van der Waals surface area contributed by atoms with Gasteiger partial charge in [0.05, 0.1) is 11.0 Å². The molecule has 3 nitrogen and oxygen atoms in total. The van der Waals surface area contributed by atoms with Crippen molar-refractivity contribution in [2.75, 3.05) is 6.54 Å². The minimum Gasteiger partial charge on any atom is -1.00 e. The van der Waals surface area contributed by atoms with Gasteiger partial charge in [-0.25, -0.2) is 4.98 Å². The molecule has 0 atom stereocenters. The van der Waals surface area contributed by atoms with Crippen molar-refractivity contribution in [2.24, 2.45) is 5.73 Å². The fraction of sp³-hybridized carbons (Fsp3) is 0.214. The third kappa shape index (κ3) is 3.18. The van der Waals surface area contributed by atoms with Crippen molar-refractivity contribution in [3.05, 3.63) is 42.2 Å². The van der Waals surface area contributed by atoms with Gasteiger partial charge in [-0.2, -0.15) is 0 Å². The van der Waals surface area contributed by atoms with E-state index in [-0.39, 0.29) is 24.8 Å². The van der Waals surface area contributed by atoms with E-state index < -0.39 is 0 Å². The van der Waals surface area contributed by atoms with Crippen LogP contribution >= 0.6 is 0 Å². The summed E-state index contributed by atoms with van der Waals surface area (Å²) in [5, 5.41) is 2.48. The van der Waals surface area contributed by atoms with Crippen LogP contribution in [-0.4, -0.2) is 16.5 Å². The second-order valence-corrected chi connectivity index (χ2v) is 4.29. The molecule has 0 radical (unpaired) electrons. The summed E-state index contributed by atoms with van der Waals surface area (Å²) < 4.78 is 0. The lowest BCUT2D eigenvalue weighted by molar-refractivity contribution is -0.00100. The molecule has 0 fully saturated rings. The van der Waals surface area contributed by atoms with Crippen LogP contribution in [0.4, 0.5) is 0 Å².